The monoisotopic (exact) mass is 666 g/mol. The average Bonchev–Trinajstić information content (AvgIpc) is 3.78. The molecule has 15 heteroatoms. The summed E-state index contributed by atoms with van der Waals surface area (Å²) < 4.78 is 51.4. The summed E-state index contributed by atoms with van der Waals surface area (Å²) >= 11 is 0. The first-order valence-electron chi connectivity index (χ1n) is 15.4. The van der Waals surface area contributed by atoms with Crippen LogP contribution in [-0.4, -0.2) is 134 Å². The Morgan fingerprint density at radius 2 is 1.13 bits per heavy atom. The Bertz CT molecular complexity index is 1360. The summed E-state index contributed by atoms with van der Waals surface area (Å²) in [6.45, 7) is 0.0394. The number of aliphatic hydroxyl groups excluding tert-OH is 6. The largest absolute Gasteiger partial charge is 0.493 e. The van der Waals surface area contributed by atoms with E-state index < -0.39 is 68.5 Å². The molecule has 15 nitrogen and oxygen atoms in total. The molecule has 0 aliphatic carbocycles. The van der Waals surface area contributed by atoms with Gasteiger partial charge in [-0.05, 0) is 35.4 Å². The maximum Gasteiger partial charge on any atom is 0.229 e. The Morgan fingerprint density at radius 1 is 0.617 bits per heavy atom. The van der Waals surface area contributed by atoms with Crippen LogP contribution in [0.3, 0.4) is 0 Å². The number of aliphatic hydroxyl groups is 6. The minimum Gasteiger partial charge on any atom is -0.493 e. The molecular weight excluding hydrogens is 624 g/mol. The van der Waals surface area contributed by atoms with Crippen LogP contribution >= 0.6 is 0 Å². The Kier molecular flexibility index (Phi) is 10.4. The van der Waals surface area contributed by atoms with Gasteiger partial charge in [-0.2, -0.15) is 0 Å². The molecule has 0 unspecified atom stereocenters. The number of fused-ring (bicyclic) bond motifs is 1. The molecule has 47 heavy (non-hydrogen) atoms. The summed E-state index contributed by atoms with van der Waals surface area (Å²) in [5.74, 6) is 1.96. The zero-order chi connectivity index (χ0) is 33.4. The molecule has 6 N–H and O–H groups in total. The van der Waals surface area contributed by atoms with Crippen molar-refractivity contribution in [2.75, 3.05) is 47.8 Å². The summed E-state index contributed by atoms with van der Waals surface area (Å²) in [6.07, 6.45) is -13.2. The maximum absolute atomic E-state index is 10.7. The van der Waals surface area contributed by atoms with Crippen molar-refractivity contribution in [3.8, 4) is 23.0 Å². The average molecular weight is 667 g/mol. The van der Waals surface area contributed by atoms with E-state index in [-0.39, 0.29) is 29.8 Å². The predicted octanol–water partition coefficient (Wildman–Crippen LogP) is -0.570. The lowest BCUT2D eigenvalue weighted by Crippen LogP contribution is -2.60. The first-order valence-corrected chi connectivity index (χ1v) is 15.4. The van der Waals surface area contributed by atoms with Crippen LogP contribution in [0.25, 0.3) is 0 Å². The fourth-order valence-electron chi connectivity index (χ4n) is 6.69. The van der Waals surface area contributed by atoms with Gasteiger partial charge in [0.15, 0.2) is 29.3 Å². The van der Waals surface area contributed by atoms with Gasteiger partial charge in [-0.25, -0.2) is 0 Å². The van der Waals surface area contributed by atoms with Crippen molar-refractivity contribution in [1.82, 2.24) is 0 Å². The second kappa shape index (κ2) is 14.4. The van der Waals surface area contributed by atoms with E-state index >= 15 is 0 Å². The molecule has 4 aliphatic rings. The Balaban J connectivity index is 1.12. The summed E-state index contributed by atoms with van der Waals surface area (Å²) in [5, 5.41) is 61.1. The molecule has 2 aromatic carbocycles. The van der Waals surface area contributed by atoms with E-state index in [4.69, 9.17) is 42.6 Å². The maximum atomic E-state index is 10.7. The van der Waals surface area contributed by atoms with Crippen LogP contribution in [0.2, 0.25) is 0 Å². The van der Waals surface area contributed by atoms with E-state index in [1.165, 1.54) is 7.11 Å². The zero-order valence-corrected chi connectivity index (χ0v) is 26.2. The molecule has 0 amide bonds. The van der Waals surface area contributed by atoms with Gasteiger partial charge in [-0.1, -0.05) is 12.1 Å². The van der Waals surface area contributed by atoms with Gasteiger partial charge in [-0.15, -0.1) is 0 Å². The van der Waals surface area contributed by atoms with Crippen molar-refractivity contribution in [1.29, 1.82) is 0 Å². The Hall–Kier alpha value is -2.80. The van der Waals surface area contributed by atoms with Gasteiger partial charge in [0, 0.05) is 11.8 Å². The molecule has 0 radical (unpaired) electrons. The fourth-order valence-corrected chi connectivity index (χ4v) is 6.69. The Labute approximate surface area is 271 Å². The van der Waals surface area contributed by atoms with Gasteiger partial charge < -0.3 is 73.3 Å². The third-order valence-corrected chi connectivity index (χ3v) is 9.35. The summed E-state index contributed by atoms with van der Waals surface area (Å²) in [4.78, 5) is 0. The molecule has 4 heterocycles. The SMILES string of the molecule is COc1ccc([C@@H]2OC[C@H]3[C@@H]2CO[C@@H]3c2ccc(O[C@@H]3O[C@H](CO[C@@H]4O[C@H](CO)[C@H](O)[C@H]4O)[C@@H](O)[C@H](O)[C@H]3O)c(OC)c2)cc1OC. The highest BCUT2D eigenvalue weighted by molar-refractivity contribution is 5.45. The predicted molar refractivity (Wildman–Crippen MR) is 158 cm³/mol. The smallest absolute Gasteiger partial charge is 0.229 e. The zero-order valence-electron chi connectivity index (χ0n) is 26.2. The highest BCUT2D eigenvalue weighted by atomic mass is 16.7. The van der Waals surface area contributed by atoms with Gasteiger partial charge >= 0.3 is 0 Å². The molecule has 4 fully saturated rings. The van der Waals surface area contributed by atoms with E-state index in [9.17, 15) is 30.6 Å². The molecule has 0 saturated carbocycles. The second-order valence-electron chi connectivity index (χ2n) is 12.0. The van der Waals surface area contributed by atoms with Crippen LogP contribution in [0.1, 0.15) is 23.3 Å². The third kappa shape index (κ3) is 6.50. The Morgan fingerprint density at radius 3 is 1.68 bits per heavy atom. The van der Waals surface area contributed by atoms with Crippen LogP contribution in [0.5, 0.6) is 23.0 Å². The van der Waals surface area contributed by atoms with Crippen molar-refractivity contribution >= 4 is 0 Å². The van der Waals surface area contributed by atoms with Gasteiger partial charge in [0.25, 0.3) is 0 Å². The molecule has 260 valence electrons. The lowest BCUT2D eigenvalue weighted by atomic mass is 9.85. The fraction of sp³-hybridized carbons (Fsp3) is 0.625. The van der Waals surface area contributed by atoms with Crippen LogP contribution in [0.15, 0.2) is 36.4 Å². The minimum atomic E-state index is -1.66. The molecule has 4 saturated heterocycles. The van der Waals surface area contributed by atoms with Gasteiger partial charge in [0.05, 0.1) is 60.0 Å². The van der Waals surface area contributed by atoms with E-state index in [1.54, 1.807) is 26.4 Å². The minimum absolute atomic E-state index is 0.0709. The van der Waals surface area contributed by atoms with Crippen molar-refractivity contribution in [3.05, 3.63) is 47.5 Å². The molecule has 6 rings (SSSR count). The molecule has 13 atom stereocenters. The molecular formula is C32H42O15. The topological polar surface area (TPSA) is 204 Å². The van der Waals surface area contributed by atoms with Crippen LogP contribution in [0.4, 0.5) is 0 Å². The van der Waals surface area contributed by atoms with Crippen molar-refractivity contribution in [2.45, 2.75) is 67.5 Å². The number of ether oxygens (including phenoxy) is 9. The van der Waals surface area contributed by atoms with E-state index in [2.05, 4.69) is 0 Å². The number of hydrogen-bond donors (Lipinski definition) is 6. The quantitative estimate of drug-likeness (QED) is 0.178. The van der Waals surface area contributed by atoms with Gasteiger partial charge in [0.2, 0.25) is 6.29 Å². The van der Waals surface area contributed by atoms with E-state index in [1.807, 2.05) is 24.3 Å². The van der Waals surface area contributed by atoms with Gasteiger partial charge in [0.1, 0.15) is 42.7 Å². The number of methoxy groups -OCH3 is 3. The molecule has 0 spiro atoms. The van der Waals surface area contributed by atoms with Crippen LogP contribution in [0, 0.1) is 11.8 Å². The number of hydrogen-bond acceptors (Lipinski definition) is 15. The summed E-state index contributed by atoms with van der Waals surface area (Å²) in [6, 6.07) is 11.0. The van der Waals surface area contributed by atoms with Crippen molar-refractivity contribution in [2.24, 2.45) is 11.8 Å². The van der Waals surface area contributed by atoms with Gasteiger partial charge in [-0.3, -0.25) is 0 Å². The van der Waals surface area contributed by atoms with Crippen molar-refractivity contribution in [3.63, 3.8) is 0 Å². The highest BCUT2D eigenvalue weighted by Gasteiger charge is 2.50. The first-order chi connectivity index (χ1) is 22.7. The van der Waals surface area contributed by atoms with E-state index in [0.29, 0.717) is 30.5 Å². The van der Waals surface area contributed by atoms with E-state index in [0.717, 1.165) is 11.1 Å². The summed E-state index contributed by atoms with van der Waals surface area (Å²) in [5.41, 5.74) is 1.81. The molecule has 0 bridgehead atoms. The van der Waals surface area contributed by atoms with Crippen LogP contribution in [-0.2, 0) is 23.7 Å². The lowest BCUT2D eigenvalue weighted by molar-refractivity contribution is -0.290. The number of rotatable bonds is 11. The first kappa shape index (κ1) is 34.1. The molecule has 0 aromatic heterocycles. The second-order valence-corrected chi connectivity index (χ2v) is 12.0. The van der Waals surface area contributed by atoms with Crippen molar-refractivity contribution < 1.29 is 73.3 Å². The van der Waals surface area contributed by atoms with Crippen LogP contribution < -0.4 is 18.9 Å². The number of benzene rings is 2. The third-order valence-electron chi connectivity index (χ3n) is 9.35. The normalized spacial score (nSPS) is 38.3. The summed E-state index contributed by atoms with van der Waals surface area (Å²) in [7, 11) is 4.64. The standard InChI is InChI=1S/C32H42O15/c1-39-18-6-4-14(8-20(18)40-2)29-16-11-43-30(17(16)12-42-29)15-5-7-19(21(9-15)41-3)45-32-28(38)26(36)25(35)23(47-32)13-44-31-27(37)24(34)22(10-33)46-31/h4-9,16-17,22-38H,10-13H2,1-3H3/t16-,17-,22+,23+,24-,25+,26-,27+,28+,29-,30+,31+,32+/m0/s1. The highest BCUT2D eigenvalue weighted by Crippen LogP contribution is 2.51. The molecule has 4 aliphatic heterocycles. The molecule has 2 aromatic rings. The lowest BCUT2D eigenvalue weighted by Gasteiger charge is -2.40.